The normalized spacial score (nSPS) is 18.4. The number of furan rings is 1. The summed E-state index contributed by atoms with van der Waals surface area (Å²) in [5.74, 6) is 0.797. The molecule has 3 aromatic rings. The van der Waals surface area contributed by atoms with Gasteiger partial charge in [-0.15, -0.1) is 0 Å². The number of hydrogen-bond acceptors (Lipinski definition) is 6. The van der Waals surface area contributed by atoms with Crippen molar-refractivity contribution < 1.29 is 29.1 Å². The molecule has 5 rings (SSSR count). The standard InChI is InChI=1S/C25H26N2O5/c1-16-12-20(29)19(15-27-8-6-26(7-9-27)10-11-28)25-23(16)24(30)22(32-25)14-18-13-17-4-2-3-5-21(17)31-18/h2-5,12-14,28-29H,6-11,15H2,1H3. The number of allylic oxidation sites excluding steroid dienone is 1. The van der Waals surface area contributed by atoms with Gasteiger partial charge in [0, 0.05) is 36.7 Å². The SMILES string of the molecule is Cc1cc([O-])c(C[NH+]2CCN(CCO)CC2)c2c1C(=O)C(=Cc1cc3ccccc3o1)O2. The molecule has 1 saturated heterocycles. The number of aliphatic hydroxyl groups is 1. The lowest BCUT2D eigenvalue weighted by Gasteiger charge is -2.32. The van der Waals surface area contributed by atoms with E-state index in [4.69, 9.17) is 14.3 Å². The zero-order chi connectivity index (χ0) is 22.2. The van der Waals surface area contributed by atoms with Gasteiger partial charge in [0.05, 0.1) is 25.3 Å². The average Bonchev–Trinajstić information content (AvgIpc) is 3.33. The third-order valence-electron chi connectivity index (χ3n) is 6.33. The van der Waals surface area contributed by atoms with E-state index in [0.717, 1.165) is 37.1 Å². The summed E-state index contributed by atoms with van der Waals surface area (Å²) in [7, 11) is 0. The lowest BCUT2D eigenvalue weighted by Crippen LogP contribution is -3.13. The molecule has 0 bridgehead atoms. The Balaban J connectivity index is 1.42. The highest BCUT2D eigenvalue weighted by molar-refractivity contribution is 6.15. The first-order chi connectivity index (χ1) is 15.5. The van der Waals surface area contributed by atoms with Gasteiger partial charge in [-0.25, -0.2) is 0 Å². The topological polar surface area (TPSA) is 90.4 Å². The quantitative estimate of drug-likeness (QED) is 0.585. The summed E-state index contributed by atoms with van der Waals surface area (Å²) < 4.78 is 11.8. The Bertz CT molecular complexity index is 1170. The number of β-amino-alcohol motifs (C(OH)–C–C–N with tert-alkyl or cyclic N) is 1. The van der Waals surface area contributed by atoms with Crippen molar-refractivity contribution >= 4 is 22.8 Å². The molecule has 2 aliphatic rings. The van der Waals surface area contributed by atoms with Crippen molar-refractivity contribution in [3.05, 3.63) is 64.6 Å². The number of rotatable bonds is 5. The number of aryl methyl sites for hydroxylation is 1. The van der Waals surface area contributed by atoms with E-state index in [9.17, 15) is 9.90 Å². The summed E-state index contributed by atoms with van der Waals surface area (Å²) in [5.41, 5.74) is 2.40. The van der Waals surface area contributed by atoms with Crippen LogP contribution in [0.1, 0.15) is 27.2 Å². The Morgan fingerprint density at radius 1 is 1.22 bits per heavy atom. The number of aliphatic hydroxyl groups excluding tert-OH is 1. The summed E-state index contributed by atoms with van der Waals surface area (Å²) in [6.07, 6.45) is 1.61. The number of ether oxygens (including phenoxy) is 1. The van der Waals surface area contributed by atoms with Gasteiger partial charge in [0.2, 0.25) is 5.78 Å². The third-order valence-corrected chi connectivity index (χ3v) is 6.33. The molecular formula is C25H26N2O5. The van der Waals surface area contributed by atoms with Gasteiger partial charge in [-0.05, 0) is 24.6 Å². The van der Waals surface area contributed by atoms with Crippen molar-refractivity contribution in [3.8, 4) is 11.5 Å². The molecular weight excluding hydrogens is 408 g/mol. The van der Waals surface area contributed by atoms with E-state index in [0.29, 0.717) is 41.3 Å². The molecule has 32 heavy (non-hydrogen) atoms. The van der Waals surface area contributed by atoms with Crippen LogP contribution in [0.2, 0.25) is 0 Å². The number of benzene rings is 2. The lowest BCUT2D eigenvalue weighted by atomic mass is 9.99. The van der Waals surface area contributed by atoms with E-state index in [1.54, 1.807) is 19.1 Å². The largest absolute Gasteiger partial charge is 0.872 e. The number of quaternary nitrogens is 1. The van der Waals surface area contributed by atoms with E-state index in [1.807, 2.05) is 30.3 Å². The number of ketones is 1. The third kappa shape index (κ3) is 3.79. The highest BCUT2D eigenvalue weighted by Crippen LogP contribution is 2.40. The molecule has 2 N–H and O–H groups in total. The van der Waals surface area contributed by atoms with Crippen LogP contribution in [0, 0.1) is 6.92 Å². The number of hydrogen-bond donors (Lipinski definition) is 2. The first kappa shape index (κ1) is 20.8. The van der Waals surface area contributed by atoms with Crippen molar-refractivity contribution in [1.29, 1.82) is 0 Å². The van der Waals surface area contributed by atoms with Gasteiger partial charge in [-0.3, -0.25) is 9.69 Å². The number of piperazine rings is 1. The number of nitrogens with one attached hydrogen (secondary N) is 1. The smallest absolute Gasteiger partial charge is 0.232 e. The summed E-state index contributed by atoms with van der Waals surface area (Å²) in [6, 6.07) is 11.1. The second-order valence-electron chi connectivity index (χ2n) is 8.49. The van der Waals surface area contributed by atoms with E-state index >= 15 is 0 Å². The van der Waals surface area contributed by atoms with Crippen LogP contribution in [0.25, 0.3) is 17.0 Å². The minimum absolute atomic E-state index is 0.0932. The van der Waals surface area contributed by atoms with Crippen molar-refractivity contribution in [2.45, 2.75) is 13.5 Å². The molecule has 0 amide bonds. The molecule has 0 atom stereocenters. The minimum Gasteiger partial charge on any atom is -0.872 e. The molecule has 0 aliphatic carbocycles. The van der Waals surface area contributed by atoms with Crippen LogP contribution in [0.3, 0.4) is 0 Å². The Morgan fingerprint density at radius 3 is 2.75 bits per heavy atom. The van der Waals surface area contributed by atoms with Crippen LogP contribution >= 0.6 is 0 Å². The van der Waals surface area contributed by atoms with E-state index in [-0.39, 0.29) is 23.9 Å². The van der Waals surface area contributed by atoms with Crippen LogP contribution in [0.5, 0.6) is 11.5 Å². The number of fused-ring (bicyclic) bond motifs is 2. The fraction of sp³-hybridized carbons (Fsp3) is 0.320. The van der Waals surface area contributed by atoms with Crippen molar-refractivity contribution in [3.63, 3.8) is 0 Å². The van der Waals surface area contributed by atoms with E-state index in [1.165, 1.54) is 4.90 Å². The van der Waals surface area contributed by atoms with Gasteiger partial charge < -0.3 is 24.3 Å². The summed E-state index contributed by atoms with van der Waals surface area (Å²) in [6.45, 7) is 6.60. The maximum atomic E-state index is 13.1. The molecule has 0 radical (unpaired) electrons. The van der Waals surface area contributed by atoms with Crippen LogP contribution in [-0.2, 0) is 6.54 Å². The molecule has 0 spiro atoms. The predicted molar refractivity (Wildman–Crippen MR) is 118 cm³/mol. The van der Waals surface area contributed by atoms with Crippen LogP contribution in [-0.4, -0.2) is 55.1 Å². The van der Waals surface area contributed by atoms with E-state index < -0.39 is 0 Å². The van der Waals surface area contributed by atoms with Crippen LogP contribution in [0.15, 0.2) is 46.6 Å². The Hall–Kier alpha value is -3.13. The molecule has 2 aromatic carbocycles. The fourth-order valence-corrected chi connectivity index (χ4v) is 4.60. The van der Waals surface area contributed by atoms with Crippen LogP contribution < -0.4 is 14.7 Å². The molecule has 0 saturated carbocycles. The maximum absolute atomic E-state index is 13.1. The number of Topliss-reactive ketones (excluding diaryl/α,β-unsaturated/α-hetero) is 1. The highest BCUT2D eigenvalue weighted by atomic mass is 16.5. The fourth-order valence-electron chi connectivity index (χ4n) is 4.60. The Morgan fingerprint density at radius 2 is 2.00 bits per heavy atom. The van der Waals surface area contributed by atoms with Gasteiger partial charge in [0.15, 0.2) is 5.76 Å². The zero-order valence-corrected chi connectivity index (χ0v) is 18.0. The number of para-hydroxylation sites is 1. The summed E-state index contributed by atoms with van der Waals surface area (Å²) >= 11 is 0. The van der Waals surface area contributed by atoms with Gasteiger partial charge >= 0.3 is 0 Å². The van der Waals surface area contributed by atoms with Gasteiger partial charge in [-0.2, -0.15) is 0 Å². The number of carbonyl (C=O) groups excluding carboxylic acids is 1. The van der Waals surface area contributed by atoms with Crippen molar-refractivity contribution in [2.75, 3.05) is 39.3 Å². The monoisotopic (exact) mass is 434 g/mol. The molecule has 3 heterocycles. The average molecular weight is 434 g/mol. The van der Waals surface area contributed by atoms with Crippen molar-refractivity contribution in [2.24, 2.45) is 0 Å². The minimum atomic E-state index is -0.220. The van der Waals surface area contributed by atoms with Gasteiger partial charge in [0.1, 0.15) is 23.6 Å². The Labute approximate surface area is 186 Å². The van der Waals surface area contributed by atoms with Crippen LogP contribution in [0.4, 0.5) is 0 Å². The number of carbonyl (C=O) groups is 1. The maximum Gasteiger partial charge on any atom is 0.232 e. The second-order valence-corrected chi connectivity index (χ2v) is 8.49. The predicted octanol–water partition coefficient (Wildman–Crippen LogP) is 1.12. The number of nitrogens with zero attached hydrogens (tertiary/aromatic N) is 1. The molecule has 166 valence electrons. The summed E-state index contributed by atoms with van der Waals surface area (Å²) in [5, 5.41) is 22.9. The molecule has 1 aromatic heterocycles. The first-order valence-corrected chi connectivity index (χ1v) is 11.0. The highest BCUT2D eigenvalue weighted by Gasteiger charge is 2.33. The zero-order valence-electron chi connectivity index (χ0n) is 18.0. The molecule has 0 unspecified atom stereocenters. The van der Waals surface area contributed by atoms with E-state index in [2.05, 4.69) is 4.90 Å². The van der Waals surface area contributed by atoms with Gasteiger partial charge in [-0.1, -0.05) is 30.0 Å². The van der Waals surface area contributed by atoms with Crippen molar-refractivity contribution in [1.82, 2.24) is 4.90 Å². The molecule has 2 aliphatic heterocycles. The molecule has 7 heteroatoms. The first-order valence-electron chi connectivity index (χ1n) is 11.0. The summed E-state index contributed by atoms with van der Waals surface area (Å²) in [4.78, 5) is 16.6. The second kappa shape index (κ2) is 8.43. The Kier molecular flexibility index (Phi) is 5.46. The molecule has 1 fully saturated rings. The molecule has 7 nitrogen and oxygen atoms in total. The lowest BCUT2D eigenvalue weighted by molar-refractivity contribution is -0.918. The van der Waals surface area contributed by atoms with Gasteiger partial charge in [0.25, 0.3) is 0 Å².